The van der Waals surface area contributed by atoms with E-state index in [1.807, 2.05) is 0 Å². The Labute approximate surface area is 159 Å². The van der Waals surface area contributed by atoms with Gasteiger partial charge in [0.05, 0.1) is 17.7 Å². The van der Waals surface area contributed by atoms with Gasteiger partial charge in [0.25, 0.3) is 0 Å². The second-order valence-corrected chi connectivity index (χ2v) is 7.27. The Balaban J connectivity index is 1.95. The lowest BCUT2D eigenvalue weighted by atomic mass is 10.0. The van der Waals surface area contributed by atoms with E-state index in [-0.39, 0.29) is 0 Å². The minimum Gasteiger partial charge on any atom is -0.327 e. The van der Waals surface area contributed by atoms with Crippen LogP contribution in [0.15, 0.2) is 72.8 Å². The molecule has 1 aromatic heterocycles. The highest BCUT2D eigenvalue weighted by molar-refractivity contribution is 6.22. The molecule has 0 N–H and O–H groups in total. The Morgan fingerprint density at radius 3 is 2.07 bits per heavy atom. The van der Waals surface area contributed by atoms with Crippen LogP contribution in [0.5, 0.6) is 0 Å². The molecule has 5 aromatic rings. The van der Waals surface area contributed by atoms with Crippen molar-refractivity contribution in [2.45, 2.75) is 20.5 Å². The summed E-state index contributed by atoms with van der Waals surface area (Å²) in [6, 6.07) is 26.7. The van der Waals surface area contributed by atoms with Gasteiger partial charge < -0.3 is 4.57 Å². The average molecular weight is 352 g/mol. The third kappa shape index (κ3) is 2.52. The second kappa shape index (κ2) is 6.40. The minimum absolute atomic E-state index is 0.920. The zero-order chi connectivity index (χ0) is 18.4. The highest BCUT2D eigenvalue weighted by Gasteiger charge is 2.15. The van der Waals surface area contributed by atoms with Crippen LogP contribution in [0.4, 0.5) is 0 Å². The molecule has 0 bridgehead atoms. The molecule has 0 fully saturated rings. The first-order chi connectivity index (χ1) is 13.3. The van der Waals surface area contributed by atoms with Gasteiger partial charge in [0.15, 0.2) is 0 Å². The Morgan fingerprint density at radius 2 is 1.33 bits per heavy atom. The van der Waals surface area contributed by atoms with Crippen LogP contribution in [-0.4, -0.2) is 22.6 Å². The summed E-state index contributed by atoms with van der Waals surface area (Å²) >= 11 is 0. The second-order valence-electron chi connectivity index (χ2n) is 7.27. The topological polar surface area (TPSA) is 8.17 Å². The normalized spacial score (nSPS) is 12.1. The molecule has 0 saturated carbocycles. The molecule has 0 atom stereocenters. The fraction of sp³-hybridized carbons (Fsp3) is 0.200. The van der Waals surface area contributed by atoms with E-state index in [4.69, 9.17) is 0 Å². The quantitative estimate of drug-likeness (QED) is 0.363. The monoisotopic (exact) mass is 352 g/mol. The zero-order valence-electron chi connectivity index (χ0n) is 15.9. The van der Waals surface area contributed by atoms with Gasteiger partial charge in [0.1, 0.15) is 0 Å². The Bertz CT molecular complexity index is 1280. The summed E-state index contributed by atoms with van der Waals surface area (Å²) in [7, 11) is 0. The molecule has 134 valence electrons. The van der Waals surface area contributed by atoms with Crippen LogP contribution in [0.2, 0.25) is 0 Å². The Kier molecular flexibility index (Phi) is 3.87. The van der Waals surface area contributed by atoms with E-state index < -0.39 is 0 Å². The number of aromatic nitrogens is 1. The maximum atomic E-state index is 2.50. The van der Waals surface area contributed by atoms with Crippen molar-refractivity contribution in [3.05, 3.63) is 72.8 Å². The molecular weight excluding hydrogens is 328 g/mol. The van der Waals surface area contributed by atoms with Crippen LogP contribution in [0.3, 0.4) is 0 Å². The van der Waals surface area contributed by atoms with Gasteiger partial charge in [0, 0.05) is 10.8 Å². The van der Waals surface area contributed by atoms with E-state index in [2.05, 4.69) is 96.1 Å². The lowest BCUT2D eigenvalue weighted by Gasteiger charge is -2.20. The first-order valence-electron chi connectivity index (χ1n) is 9.85. The summed E-state index contributed by atoms with van der Waals surface area (Å²) in [5.41, 5.74) is 2.65. The first kappa shape index (κ1) is 16.3. The molecular formula is C25H24N2. The summed E-state index contributed by atoms with van der Waals surface area (Å²) in [5, 5.41) is 7.99. The van der Waals surface area contributed by atoms with Crippen molar-refractivity contribution in [3.63, 3.8) is 0 Å². The van der Waals surface area contributed by atoms with Gasteiger partial charge in [-0.2, -0.15) is 0 Å². The van der Waals surface area contributed by atoms with Crippen LogP contribution in [0.25, 0.3) is 43.4 Å². The maximum Gasteiger partial charge on any atom is 0.0757 e. The molecule has 5 rings (SSSR count). The van der Waals surface area contributed by atoms with Crippen molar-refractivity contribution < 1.29 is 0 Å². The molecule has 0 spiro atoms. The van der Waals surface area contributed by atoms with Crippen LogP contribution in [0, 0.1) is 0 Å². The third-order valence-corrected chi connectivity index (χ3v) is 5.86. The Morgan fingerprint density at radius 1 is 0.667 bits per heavy atom. The standard InChI is InChI=1S/C25H24N2/c1-3-26(4-2)17-27-23-14-13-18-9-7-8-12-21(18)25(23)22-15-19-10-5-6-11-20(19)16-24(22)27/h5-16H,3-4,17H2,1-2H3. The zero-order valence-corrected chi connectivity index (χ0v) is 15.9. The smallest absolute Gasteiger partial charge is 0.0757 e. The number of benzene rings is 4. The van der Waals surface area contributed by atoms with Crippen molar-refractivity contribution in [2.75, 3.05) is 13.1 Å². The van der Waals surface area contributed by atoms with Crippen molar-refractivity contribution in [1.82, 2.24) is 9.47 Å². The number of nitrogens with zero attached hydrogens (tertiary/aromatic N) is 2. The lowest BCUT2D eigenvalue weighted by molar-refractivity contribution is 0.250. The molecule has 0 amide bonds. The fourth-order valence-corrected chi connectivity index (χ4v) is 4.33. The van der Waals surface area contributed by atoms with Crippen molar-refractivity contribution >= 4 is 43.4 Å². The van der Waals surface area contributed by atoms with Gasteiger partial charge in [-0.15, -0.1) is 0 Å². The van der Waals surface area contributed by atoms with E-state index in [1.165, 1.54) is 43.4 Å². The van der Waals surface area contributed by atoms with Crippen LogP contribution in [-0.2, 0) is 6.67 Å². The van der Waals surface area contributed by atoms with Crippen molar-refractivity contribution in [3.8, 4) is 0 Å². The molecule has 4 aromatic carbocycles. The minimum atomic E-state index is 0.920. The Hall–Kier alpha value is -2.84. The summed E-state index contributed by atoms with van der Waals surface area (Å²) in [6.45, 7) is 7.51. The van der Waals surface area contributed by atoms with Gasteiger partial charge in [-0.1, -0.05) is 68.4 Å². The fourth-order valence-electron chi connectivity index (χ4n) is 4.33. The highest BCUT2D eigenvalue weighted by atomic mass is 15.2. The summed E-state index contributed by atoms with van der Waals surface area (Å²) in [6.07, 6.45) is 0. The first-order valence-corrected chi connectivity index (χ1v) is 9.85. The SMILES string of the molecule is CCN(CC)Cn1c2cc3ccccc3cc2c2c3ccccc3ccc21. The lowest BCUT2D eigenvalue weighted by Crippen LogP contribution is -2.25. The van der Waals surface area contributed by atoms with Crippen LogP contribution in [0.1, 0.15) is 13.8 Å². The molecule has 2 heteroatoms. The number of fused-ring (bicyclic) bond motifs is 6. The summed E-state index contributed by atoms with van der Waals surface area (Å²) in [4.78, 5) is 2.48. The van der Waals surface area contributed by atoms with E-state index in [0.29, 0.717) is 0 Å². The third-order valence-electron chi connectivity index (χ3n) is 5.86. The molecule has 0 aliphatic rings. The predicted molar refractivity (Wildman–Crippen MR) is 117 cm³/mol. The van der Waals surface area contributed by atoms with Gasteiger partial charge in [-0.25, -0.2) is 0 Å². The highest BCUT2D eigenvalue weighted by Crippen LogP contribution is 2.37. The van der Waals surface area contributed by atoms with Gasteiger partial charge in [-0.05, 0) is 52.8 Å². The number of rotatable bonds is 4. The van der Waals surface area contributed by atoms with Gasteiger partial charge in [0.2, 0.25) is 0 Å². The molecule has 0 aliphatic carbocycles. The van der Waals surface area contributed by atoms with E-state index >= 15 is 0 Å². The predicted octanol–water partition coefficient (Wildman–Crippen LogP) is 6.40. The van der Waals surface area contributed by atoms with Crippen LogP contribution < -0.4 is 0 Å². The van der Waals surface area contributed by atoms with Gasteiger partial charge >= 0.3 is 0 Å². The van der Waals surface area contributed by atoms with Gasteiger partial charge in [-0.3, -0.25) is 4.90 Å². The number of hydrogen-bond donors (Lipinski definition) is 0. The summed E-state index contributed by atoms with van der Waals surface area (Å²) in [5.74, 6) is 0. The molecule has 2 nitrogen and oxygen atoms in total. The van der Waals surface area contributed by atoms with E-state index in [1.54, 1.807) is 0 Å². The van der Waals surface area contributed by atoms with Crippen molar-refractivity contribution in [2.24, 2.45) is 0 Å². The summed E-state index contributed by atoms with van der Waals surface area (Å²) < 4.78 is 2.50. The van der Waals surface area contributed by atoms with E-state index in [0.717, 1.165) is 19.8 Å². The largest absolute Gasteiger partial charge is 0.327 e. The molecule has 0 saturated heterocycles. The average Bonchev–Trinajstić information content (AvgIpc) is 3.03. The van der Waals surface area contributed by atoms with E-state index in [9.17, 15) is 0 Å². The van der Waals surface area contributed by atoms with Crippen molar-refractivity contribution in [1.29, 1.82) is 0 Å². The molecule has 0 aliphatic heterocycles. The number of hydrogen-bond acceptors (Lipinski definition) is 1. The van der Waals surface area contributed by atoms with Crippen LogP contribution >= 0.6 is 0 Å². The maximum absolute atomic E-state index is 2.50. The molecule has 1 heterocycles. The molecule has 0 unspecified atom stereocenters. The molecule has 0 radical (unpaired) electrons. The molecule has 27 heavy (non-hydrogen) atoms.